The molecular weight excluding hydrogens is 222 g/mol. The zero-order valence-corrected chi connectivity index (χ0v) is 10.5. The van der Waals surface area contributed by atoms with E-state index in [2.05, 4.69) is 0 Å². The van der Waals surface area contributed by atoms with Crippen LogP contribution in [0, 0.1) is 17.8 Å². The van der Waals surface area contributed by atoms with Crippen molar-refractivity contribution in [2.45, 2.75) is 43.9 Å². The highest BCUT2D eigenvalue weighted by Gasteiger charge is 2.55. The summed E-state index contributed by atoms with van der Waals surface area (Å²) in [7, 11) is 0. The van der Waals surface area contributed by atoms with E-state index in [9.17, 15) is 4.79 Å². The van der Waals surface area contributed by atoms with Crippen LogP contribution in [0.4, 0.5) is 0 Å². The third-order valence-electron chi connectivity index (χ3n) is 4.62. The van der Waals surface area contributed by atoms with Gasteiger partial charge in [-0.1, -0.05) is 12.8 Å². The van der Waals surface area contributed by atoms with Crippen LogP contribution in [0.2, 0.25) is 0 Å². The number of carbonyl (C=O) groups is 1. The Morgan fingerprint density at radius 2 is 1.75 bits per heavy atom. The molecule has 3 rings (SSSR count). The zero-order chi connectivity index (χ0) is 11.1. The van der Waals surface area contributed by atoms with E-state index in [4.69, 9.17) is 11.6 Å². The van der Waals surface area contributed by atoms with E-state index >= 15 is 0 Å². The molecule has 3 unspecified atom stereocenters. The topological polar surface area (TPSA) is 20.3 Å². The van der Waals surface area contributed by atoms with Gasteiger partial charge in [-0.25, -0.2) is 0 Å². The highest BCUT2D eigenvalue weighted by molar-refractivity contribution is 6.20. The van der Waals surface area contributed by atoms with E-state index in [-0.39, 0.29) is 5.38 Å². The minimum absolute atomic E-state index is 0.193. The maximum atomic E-state index is 12.3. The molecule has 1 aliphatic heterocycles. The summed E-state index contributed by atoms with van der Waals surface area (Å²) in [6, 6.07) is 0. The molecule has 0 aromatic rings. The van der Waals surface area contributed by atoms with Crippen molar-refractivity contribution < 1.29 is 4.79 Å². The molecule has 90 valence electrons. The minimum atomic E-state index is 0.193. The molecule has 3 fully saturated rings. The number of carbonyl (C=O) groups excluding carboxylic acids is 1. The Morgan fingerprint density at radius 3 is 2.38 bits per heavy atom. The van der Waals surface area contributed by atoms with Crippen molar-refractivity contribution in [3.05, 3.63) is 0 Å². The third kappa shape index (κ3) is 1.85. The molecule has 0 radical (unpaired) electrons. The van der Waals surface area contributed by atoms with Crippen LogP contribution in [-0.2, 0) is 4.79 Å². The summed E-state index contributed by atoms with van der Waals surface area (Å²) in [6.07, 6.45) is 7.41. The van der Waals surface area contributed by atoms with Crippen LogP contribution < -0.4 is 0 Å². The molecule has 3 atom stereocenters. The van der Waals surface area contributed by atoms with Crippen LogP contribution in [0.3, 0.4) is 0 Å². The lowest BCUT2D eigenvalue weighted by atomic mass is 10.0. The van der Waals surface area contributed by atoms with E-state index in [0.29, 0.717) is 11.8 Å². The average Bonchev–Trinajstić information content (AvgIpc) is 3.02. The maximum absolute atomic E-state index is 12.3. The Morgan fingerprint density at radius 1 is 1.06 bits per heavy atom. The number of alkyl halides is 1. The fourth-order valence-corrected chi connectivity index (χ4v) is 4.02. The second kappa shape index (κ2) is 4.21. The fraction of sp³-hybridized carbons (Fsp3) is 0.923. The quantitative estimate of drug-likeness (QED) is 0.647. The average molecular weight is 242 g/mol. The van der Waals surface area contributed by atoms with Gasteiger partial charge < -0.3 is 4.90 Å². The molecule has 0 spiro atoms. The molecule has 2 nitrogen and oxygen atoms in total. The number of piperidine rings is 1. The van der Waals surface area contributed by atoms with Gasteiger partial charge in [0.2, 0.25) is 5.91 Å². The summed E-state index contributed by atoms with van der Waals surface area (Å²) < 4.78 is 0. The molecule has 1 saturated heterocycles. The number of amides is 1. The summed E-state index contributed by atoms with van der Waals surface area (Å²) in [5.74, 6) is 2.26. The number of halogens is 1. The zero-order valence-electron chi connectivity index (χ0n) is 9.70. The van der Waals surface area contributed by atoms with Gasteiger partial charge in [-0.05, 0) is 37.5 Å². The summed E-state index contributed by atoms with van der Waals surface area (Å²) in [6.45, 7) is 1.73. The highest BCUT2D eigenvalue weighted by atomic mass is 35.5. The molecule has 0 bridgehead atoms. The van der Waals surface area contributed by atoms with Crippen molar-refractivity contribution in [2.75, 3.05) is 13.1 Å². The number of rotatable bonds is 1. The number of hydrogen-bond donors (Lipinski definition) is 0. The smallest absolute Gasteiger partial charge is 0.226 e. The van der Waals surface area contributed by atoms with Crippen LogP contribution in [0.1, 0.15) is 38.5 Å². The van der Waals surface area contributed by atoms with Gasteiger partial charge in [-0.3, -0.25) is 4.79 Å². The van der Waals surface area contributed by atoms with E-state index < -0.39 is 0 Å². The Bertz CT molecular complexity index is 278. The predicted octanol–water partition coefficient (Wildman–Crippen LogP) is 2.65. The summed E-state index contributed by atoms with van der Waals surface area (Å²) >= 11 is 6.14. The van der Waals surface area contributed by atoms with Gasteiger partial charge >= 0.3 is 0 Å². The molecule has 0 aromatic heterocycles. The third-order valence-corrected chi connectivity index (χ3v) is 4.97. The Kier molecular flexibility index (Phi) is 2.87. The van der Waals surface area contributed by atoms with Crippen LogP contribution in [0.5, 0.6) is 0 Å². The van der Waals surface area contributed by atoms with Crippen molar-refractivity contribution in [1.82, 2.24) is 4.90 Å². The van der Waals surface area contributed by atoms with Crippen LogP contribution >= 0.6 is 11.6 Å². The molecule has 3 heteroatoms. The first-order valence-electron chi connectivity index (χ1n) is 6.70. The molecule has 2 aliphatic carbocycles. The Hall–Kier alpha value is -0.240. The first-order valence-corrected chi connectivity index (χ1v) is 7.14. The standard InChI is InChI=1S/C13H20ClNO/c14-9-4-3-7-15(8-9)13(16)12-10-5-1-2-6-11(10)12/h9-12H,1-8H2. The van der Waals surface area contributed by atoms with E-state index in [1.54, 1.807) is 0 Å². The van der Waals surface area contributed by atoms with Gasteiger partial charge in [0.1, 0.15) is 0 Å². The lowest BCUT2D eigenvalue weighted by Gasteiger charge is -2.30. The van der Waals surface area contributed by atoms with Gasteiger partial charge in [0.15, 0.2) is 0 Å². The van der Waals surface area contributed by atoms with Gasteiger partial charge in [0.05, 0.1) is 5.38 Å². The molecule has 0 N–H and O–H groups in total. The molecule has 3 aliphatic rings. The lowest BCUT2D eigenvalue weighted by molar-refractivity contribution is -0.134. The number of nitrogens with zero attached hydrogens (tertiary/aromatic N) is 1. The molecule has 2 saturated carbocycles. The number of fused-ring (bicyclic) bond motifs is 1. The first-order chi connectivity index (χ1) is 7.77. The van der Waals surface area contributed by atoms with Crippen molar-refractivity contribution in [3.8, 4) is 0 Å². The normalized spacial score (nSPS) is 42.7. The summed E-state index contributed by atoms with van der Waals surface area (Å²) in [5, 5.41) is 0.193. The minimum Gasteiger partial charge on any atom is -0.341 e. The SMILES string of the molecule is O=C(C1C2CCCCC21)N1CCCC(Cl)C1. The lowest BCUT2D eigenvalue weighted by Crippen LogP contribution is -2.41. The number of likely N-dealkylation sites (tertiary alicyclic amines) is 1. The highest BCUT2D eigenvalue weighted by Crippen LogP contribution is 2.56. The second-order valence-electron chi connectivity index (χ2n) is 5.66. The van der Waals surface area contributed by atoms with Gasteiger partial charge in [-0.2, -0.15) is 0 Å². The molecule has 1 heterocycles. The second-order valence-corrected chi connectivity index (χ2v) is 6.28. The molecule has 0 aromatic carbocycles. The van der Waals surface area contributed by atoms with Crippen LogP contribution in [0.15, 0.2) is 0 Å². The van der Waals surface area contributed by atoms with Crippen molar-refractivity contribution in [1.29, 1.82) is 0 Å². The van der Waals surface area contributed by atoms with Gasteiger partial charge in [-0.15, -0.1) is 11.6 Å². The molecular formula is C13H20ClNO. The van der Waals surface area contributed by atoms with E-state index in [1.165, 1.54) is 25.7 Å². The number of hydrogen-bond acceptors (Lipinski definition) is 1. The van der Waals surface area contributed by atoms with E-state index in [0.717, 1.165) is 37.8 Å². The molecule has 1 amide bonds. The predicted molar refractivity (Wildman–Crippen MR) is 64.4 cm³/mol. The molecule has 16 heavy (non-hydrogen) atoms. The first kappa shape index (κ1) is 10.9. The van der Waals surface area contributed by atoms with Gasteiger partial charge in [0.25, 0.3) is 0 Å². The van der Waals surface area contributed by atoms with Gasteiger partial charge in [0, 0.05) is 19.0 Å². The van der Waals surface area contributed by atoms with Crippen LogP contribution in [-0.4, -0.2) is 29.3 Å². The largest absolute Gasteiger partial charge is 0.341 e. The van der Waals surface area contributed by atoms with Crippen molar-refractivity contribution >= 4 is 17.5 Å². The van der Waals surface area contributed by atoms with Crippen LogP contribution in [0.25, 0.3) is 0 Å². The monoisotopic (exact) mass is 241 g/mol. The Labute approximate surface area is 102 Å². The fourth-order valence-electron chi connectivity index (χ4n) is 3.69. The summed E-state index contributed by atoms with van der Waals surface area (Å²) in [5.41, 5.74) is 0. The summed E-state index contributed by atoms with van der Waals surface area (Å²) in [4.78, 5) is 14.4. The van der Waals surface area contributed by atoms with E-state index in [1.807, 2.05) is 4.90 Å². The van der Waals surface area contributed by atoms with Crippen molar-refractivity contribution in [3.63, 3.8) is 0 Å². The maximum Gasteiger partial charge on any atom is 0.226 e. The Balaban J connectivity index is 1.61. The van der Waals surface area contributed by atoms with Crippen molar-refractivity contribution in [2.24, 2.45) is 17.8 Å².